The summed E-state index contributed by atoms with van der Waals surface area (Å²) >= 11 is 0. The van der Waals surface area contributed by atoms with Crippen molar-refractivity contribution in [1.29, 1.82) is 0 Å². The Morgan fingerprint density at radius 3 is 2.87 bits per heavy atom. The van der Waals surface area contributed by atoms with Gasteiger partial charge in [-0.3, -0.25) is 4.40 Å². The first-order valence-corrected chi connectivity index (χ1v) is 7.31. The van der Waals surface area contributed by atoms with Crippen molar-refractivity contribution in [2.45, 2.75) is 25.6 Å². The molecule has 1 aromatic carbocycles. The lowest BCUT2D eigenvalue weighted by Gasteiger charge is -2.18. The highest BCUT2D eigenvalue weighted by Crippen LogP contribution is 2.36. The molecular formula is C17H18ClN3O2. The van der Waals surface area contributed by atoms with Crippen molar-refractivity contribution in [3.8, 4) is 5.75 Å². The van der Waals surface area contributed by atoms with Gasteiger partial charge in [-0.2, -0.15) is 0 Å². The number of nitrogen functional groups attached to an aromatic ring is 1. The predicted octanol–water partition coefficient (Wildman–Crippen LogP) is 2.68. The number of aliphatic hydroxyl groups excluding tert-OH is 1. The number of aliphatic hydroxyl groups is 1. The largest absolute Gasteiger partial charge is 0.479 e. The number of nitrogens with zero attached hydrogens (tertiary/aromatic N) is 2. The average Bonchev–Trinajstić information content (AvgIpc) is 2.99. The fourth-order valence-electron chi connectivity index (χ4n) is 3.08. The molecule has 1 aliphatic rings. The van der Waals surface area contributed by atoms with Crippen LogP contribution in [0.2, 0.25) is 0 Å². The summed E-state index contributed by atoms with van der Waals surface area (Å²) in [5.74, 6) is 1.23. The number of anilines is 1. The average molecular weight is 332 g/mol. The van der Waals surface area contributed by atoms with Crippen LogP contribution in [-0.2, 0) is 6.42 Å². The van der Waals surface area contributed by atoms with E-state index in [2.05, 4.69) is 4.98 Å². The van der Waals surface area contributed by atoms with Gasteiger partial charge in [-0.1, -0.05) is 24.3 Å². The van der Waals surface area contributed by atoms with Gasteiger partial charge >= 0.3 is 0 Å². The lowest BCUT2D eigenvalue weighted by molar-refractivity contribution is 0.0502. The van der Waals surface area contributed by atoms with E-state index >= 15 is 0 Å². The van der Waals surface area contributed by atoms with Crippen molar-refractivity contribution in [3.05, 3.63) is 59.4 Å². The Morgan fingerprint density at radius 1 is 1.26 bits per heavy atom. The number of hydrogen-bond donors (Lipinski definition) is 2. The zero-order chi connectivity index (χ0) is 15.3. The van der Waals surface area contributed by atoms with Crippen molar-refractivity contribution in [1.82, 2.24) is 9.38 Å². The molecule has 5 nitrogen and oxygen atoms in total. The molecule has 120 valence electrons. The molecule has 1 aliphatic carbocycles. The number of nitrogens with two attached hydrogens (primary N) is 1. The monoisotopic (exact) mass is 331 g/mol. The van der Waals surface area contributed by atoms with Crippen molar-refractivity contribution in [3.63, 3.8) is 0 Å². The van der Waals surface area contributed by atoms with Gasteiger partial charge in [0.2, 0.25) is 0 Å². The van der Waals surface area contributed by atoms with E-state index in [1.807, 2.05) is 49.5 Å². The smallest absolute Gasteiger partial charge is 0.181 e. The van der Waals surface area contributed by atoms with Crippen LogP contribution in [0.15, 0.2) is 42.6 Å². The quantitative estimate of drug-likeness (QED) is 0.757. The Kier molecular flexibility index (Phi) is 3.92. The van der Waals surface area contributed by atoms with E-state index in [1.165, 1.54) is 0 Å². The Morgan fingerprint density at radius 2 is 2.04 bits per heavy atom. The fourth-order valence-corrected chi connectivity index (χ4v) is 3.08. The highest BCUT2D eigenvalue weighted by molar-refractivity contribution is 5.85. The van der Waals surface area contributed by atoms with Crippen LogP contribution in [0.3, 0.4) is 0 Å². The Labute approximate surface area is 140 Å². The van der Waals surface area contributed by atoms with E-state index in [1.54, 1.807) is 4.40 Å². The summed E-state index contributed by atoms with van der Waals surface area (Å²) in [6.45, 7) is 1.87. The minimum absolute atomic E-state index is 0. The molecule has 0 amide bonds. The van der Waals surface area contributed by atoms with Crippen LogP contribution in [0, 0.1) is 6.92 Å². The fraction of sp³-hybridized carbons (Fsp3) is 0.235. The molecule has 0 spiro atoms. The lowest BCUT2D eigenvalue weighted by Crippen LogP contribution is -2.19. The molecule has 0 saturated carbocycles. The van der Waals surface area contributed by atoms with Gasteiger partial charge in [0.15, 0.2) is 17.5 Å². The second-order valence-corrected chi connectivity index (χ2v) is 5.66. The molecule has 3 N–H and O–H groups in total. The number of aryl methyl sites for hydroxylation is 1. The van der Waals surface area contributed by atoms with E-state index in [0.717, 1.165) is 16.8 Å². The van der Waals surface area contributed by atoms with Gasteiger partial charge in [0.05, 0.1) is 11.8 Å². The maximum atomic E-state index is 10.3. The number of halogens is 1. The molecule has 6 heteroatoms. The number of aromatic nitrogens is 2. The van der Waals surface area contributed by atoms with E-state index in [-0.39, 0.29) is 18.5 Å². The molecule has 0 radical (unpaired) electrons. The second-order valence-electron chi connectivity index (χ2n) is 5.66. The first kappa shape index (κ1) is 15.6. The summed E-state index contributed by atoms with van der Waals surface area (Å²) in [6.07, 6.45) is 1.54. The summed E-state index contributed by atoms with van der Waals surface area (Å²) in [5, 5.41) is 10.3. The summed E-state index contributed by atoms with van der Waals surface area (Å²) < 4.78 is 7.91. The molecule has 0 unspecified atom stereocenters. The van der Waals surface area contributed by atoms with Crippen LogP contribution < -0.4 is 10.5 Å². The molecule has 0 saturated heterocycles. The Hall–Kier alpha value is -2.24. The van der Waals surface area contributed by atoms with Crippen LogP contribution in [-0.4, -0.2) is 20.6 Å². The van der Waals surface area contributed by atoms with Gasteiger partial charge < -0.3 is 15.6 Å². The van der Waals surface area contributed by atoms with Crippen LogP contribution in [0.5, 0.6) is 5.75 Å². The minimum Gasteiger partial charge on any atom is -0.479 e. The number of ether oxygens (including phenoxy) is 1. The third-order valence-corrected chi connectivity index (χ3v) is 4.23. The topological polar surface area (TPSA) is 72.8 Å². The molecule has 2 aromatic heterocycles. The number of hydrogen-bond acceptors (Lipinski definition) is 4. The van der Waals surface area contributed by atoms with E-state index in [4.69, 9.17) is 10.5 Å². The predicted molar refractivity (Wildman–Crippen MR) is 91.1 cm³/mol. The SMILES string of the molecule is Cc1nc2c(O[C@@H]3c4ccccc4C[C@H]3O)cccn2c1N.Cl. The highest BCUT2D eigenvalue weighted by atomic mass is 35.5. The van der Waals surface area contributed by atoms with Gasteiger partial charge in [0.25, 0.3) is 0 Å². The number of benzene rings is 1. The first-order valence-electron chi connectivity index (χ1n) is 7.31. The van der Waals surface area contributed by atoms with Crippen molar-refractivity contribution < 1.29 is 9.84 Å². The summed E-state index contributed by atoms with van der Waals surface area (Å²) in [7, 11) is 0. The van der Waals surface area contributed by atoms with Crippen LogP contribution >= 0.6 is 12.4 Å². The number of imidazole rings is 1. The van der Waals surface area contributed by atoms with Gasteiger partial charge in [-0.15, -0.1) is 12.4 Å². The molecule has 2 atom stereocenters. The maximum Gasteiger partial charge on any atom is 0.181 e. The molecule has 23 heavy (non-hydrogen) atoms. The van der Waals surface area contributed by atoms with E-state index in [0.29, 0.717) is 23.6 Å². The zero-order valence-electron chi connectivity index (χ0n) is 12.6. The molecular weight excluding hydrogens is 314 g/mol. The molecule has 2 heterocycles. The van der Waals surface area contributed by atoms with Crippen molar-refractivity contribution in [2.75, 3.05) is 5.73 Å². The second kappa shape index (κ2) is 5.76. The lowest BCUT2D eigenvalue weighted by atomic mass is 10.1. The third kappa shape index (κ3) is 2.42. The third-order valence-electron chi connectivity index (χ3n) is 4.23. The van der Waals surface area contributed by atoms with Gasteiger partial charge in [-0.25, -0.2) is 4.98 Å². The molecule has 4 rings (SSSR count). The molecule has 0 fully saturated rings. The van der Waals surface area contributed by atoms with Crippen LogP contribution in [0.1, 0.15) is 22.9 Å². The van der Waals surface area contributed by atoms with E-state index in [9.17, 15) is 5.11 Å². The number of pyridine rings is 1. The van der Waals surface area contributed by atoms with Crippen LogP contribution in [0.4, 0.5) is 5.82 Å². The number of fused-ring (bicyclic) bond motifs is 2. The molecule has 0 aliphatic heterocycles. The summed E-state index contributed by atoms with van der Waals surface area (Å²) in [5.41, 5.74) is 9.62. The molecule has 3 aromatic rings. The minimum atomic E-state index is -0.550. The highest BCUT2D eigenvalue weighted by Gasteiger charge is 2.33. The normalized spacial score (nSPS) is 19.4. The zero-order valence-corrected chi connectivity index (χ0v) is 13.5. The summed E-state index contributed by atoms with van der Waals surface area (Å²) in [6, 6.07) is 11.7. The Bertz CT molecular complexity index is 862. The van der Waals surface area contributed by atoms with Crippen molar-refractivity contribution in [2.24, 2.45) is 0 Å². The molecule has 0 bridgehead atoms. The van der Waals surface area contributed by atoms with Crippen molar-refractivity contribution >= 4 is 23.9 Å². The Balaban J connectivity index is 0.00000156. The van der Waals surface area contributed by atoms with E-state index < -0.39 is 6.10 Å². The van der Waals surface area contributed by atoms with Gasteiger partial charge in [0.1, 0.15) is 5.82 Å². The number of rotatable bonds is 2. The first-order chi connectivity index (χ1) is 10.6. The standard InChI is InChI=1S/C17H17N3O2.ClH/c1-10-16(18)20-8-4-7-14(17(20)19-10)22-15-12-6-3-2-5-11(12)9-13(15)21;/h2-8,13,15,21H,9,18H2,1H3;1H/t13-,15-;/m1./s1. The summed E-state index contributed by atoms with van der Waals surface area (Å²) in [4.78, 5) is 4.47. The van der Waals surface area contributed by atoms with Gasteiger partial charge in [0, 0.05) is 12.6 Å². The van der Waals surface area contributed by atoms with Gasteiger partial charge in [-0.05, 0) is 30.2 Å². The maximum absolute atomic E-state index is 10.3. The van der Waals surface area contributed by atoms with Crippen LogP contribution in [0.25, 0.3) is 5.65 Å².